The molecule has 0 aliphatic carbocycles. The number of anilines is 1. The number of pyridine rings is 1. The minimum Gasteiger partial charge on any atom is -0.394 e. The highest BCUT2D eigenvalue weighted by Crippen LogP contribution is 2.14. The molecule has 0 fully saturated rings. The van der Waals surface area contributed by atoms with Crippen LogP contribution in [0.2, 0.25) is 0 Å². The maximum atomic E-state index is 12.2. The number of hydrogen-bond acceptors (Lipinski definition) is 4. The second-order valence-corrected chi connectivity index (χ2v) is 5.36. The molecule has 2 N–H and O–H groups in total. The summed E-state index contributed by atoms with van der Waals surface area (Å²) in [6, 6.07) is 1.63. The Balaban J connectivity index is 2.55. The van der Waals surface area contributed by atoms with Gasteiger partial charge in [0.05, 0.1) is 31.7 Å². The van der Waals surface area contributed by atoms with Gasteiger partial charge >= 0.3 is 6.03 Å². The first-order valence-corrected chi connectivity index (χ1v) is 7.20. The van der Waals surface area contributed by atoms with Crippen LogP contribution in [0.25, 0.3) is 0 Å². The first-order chi connectivity index (χ1) is 9.54. The first-order valence-electron chi connectivity index (χ1n) is 6.41. The van der Waals surface area contributed by atoms with E-state index in [9.17, 15) is 4.79 Å². The normalized spacial score (nSPS) is 10.7. The van der Waals surface area contributed by atoms with Crippen LogP contribution < -0.4 is 5.32 Å². The van der Waals surface area contributed by atoms with E-state index in [0.717, 1.165) is 4.47 Å². The third kappa shape index (κ3) is 5.85. The highest BCUT2D eigenvalue weighted by molar-refractivity contribution is 9.10. The molecule has 1 aromatic heterocycles. The molecule has 20 heavy (non-hydrogen) atoms. The molecule has 0 aliphatic rings. The Hall–Kier alpha value is -1.18. The number of nitrogens with one attached hydrogen (secondary N) is 1. The number of carbonyl (C=O) groups is 1. The lowest BCUT2D eigenvalue weighted by Crippen LogP contribution is -2.42. The number of rotatable bonds is 7. The zero-order chi connectivity index (χ0) is 15.0. The summed E-state index contributed by atoms with van der Waals surface area (Å²) in [6.07, 6.45) is 3.24. The first kappa shape index (κ1) is 16.9. The van der Waals surface area contributed by atoms with E-state index in [2.05, 4.69) is 26.2 Å². The van der Waals surface area contributed by atoms with E-state index in [4.69, 9.17) is 9.84 Å². The molecule has 0 radical (unpaired) electrons. The van der Waals surface area contributed by atoms with Gasteiger partial charge in [0.25, 0.3) is 0 Å². The van der Waals surface area contributed by atoms with Crippen LogP contribution in [0.4, 0.5) is 10.5 Å². The fourth-order valence-corrected chi connectivity index (χ4v) is 1.96. The Bertz CT molecular complexity index is 429. The summed E-state index contributed by atoms with van der Waals surface area (Å²) in [5.74, 6) is 0. The molecular weight excluding hydrogens is 326 g/mol. The number of halogens is 1. The van der Waals surface area contributed by atoms with Crippen LogP contribution in [0.1, 0.15) is 13.8 Å². The van der Waals surface area contributed by atoms with E-state index in [-0.39, 0.29) is 25.3 Å². The average molecular weight is 346 g/mol. The molecule has 0 bridgehead atoms. The molecule has 1 aromatic rings. The van der Waals surface area contributed by atoms with Crippen molar-refractivity contribution in [1.82, 2.24) is 9.88 Å². The van der Waals surface area contributed by atoms with Crippen LogP contribution in [0.3, 0.4) is 0 Å². The van der Waals surface area contributed by atoms with Crippen LogP contribution in [-0.4, -0.2) is 53.4 Å². The Morgan fingerprint density at radius 2 is 2.25 bits per heavy atom. The molecule has 6 nitrogen and oxygen atoms in total. The van der Waals surface area contributed by atoms with Gasteiger partial charge in [-0.15, -0.1) is 0 Å². The molecule has 0 spiro atoms. The minimum atomic E-state index is -0.201. The largest absolute Gasteiger partial charge is 0.394 e. The number of amides is 2. The van der Waals surface area contributed by atoms with Gasteiger partial charge in [0.15, 0.2) is 0 Å². The predicted molar refractivity (Wildman–Crippen MR) is 80.7 cm³/mol. The zero-order valence-electron chi connectivity index (χ0n) is 11.7. The molecule has 1 heterocycles. The molecule has 0 saturated heterocycles. The van der Waals surface area contributed by atoms with Crippen LogP contribution in [-0.2, 0) is 4.74 Å². The maximum absolute atomic E-state index is 12.2. The average Bonchev–Trinajstić information content (AvgIpc) is 2.38. The zero-order valence-corrected chi connectivity index (χ0v) is 13.3. The Morgan fingerprint density at radius 3 is 2.85 bits per heavy atom. The van der Waals surface area contributed by atoms with Crippen LogP contribution in [0.5, 0.6) is 0 Å². The number of urea groups is 1. The maximum Gasteiger partial charge on any atom is 0.322 e. The quantitative estimate of drug-likeness (QED) is 0.742. The number of carbonyl (C=O) groups excluding carboxylic acids is 1. The van der Waals surface area contributed by atoms with Gasteiger partial charge in [-0.05, 0) is 35.8 Å². The molecule has 0 saturated carbocycles. The molecular formula is C13H20BrN3O3. The van der Waals surface area contributed by atoms with Gasteiger partial charge in [-0.2, -0.15) is 0 Å². The SMILES string of the molecule is CC(C)N(CCOCCO)C(=O)Nc1cncc(Br)c1. The standard InChI is InChI=1S/C13H20BrN3O3/c1-10(2)17(3-5-20-6-4-18)13(19)16-12-7-11(14)8-15-9-12/h7-10,18H,3-6H2,1-2H3,(H,16,19). The van der Waals surface area contributed by atoms with Crippen molar-refractivity contribution in [1.29, 1.82) is 0 Å². The molecule has 0 unspecified atom stereocenters. The lowest BCUT2D eigenvalue weighted by atomic mass is 10.3. The van der Waals surface area contributed by atoms with Crippen molar-refractivity contribution in [3.8, 4) is 0 Å². The van der Waals surface area contributed by atoms with Crippen molar-refractivity contribution in [2.24, 2.45) is 0 Å². The minimum absolute atomic E-state index is 0.0163. The highest BCUT2D eigenvalue weighted by Gasteiger charge is 2.16. The Morgan fingerprint density at radius 1 is 1.50 bits per heavy atom. The number of hydrogen-bond donors (Lipinski definition) is 2. The summed E-state index contributed by atoms with van der Waals surface area (Å²) in [4.78, 5) is 17.9. The molecule has 0 aromatic carbocycles. The fraction of sp³-hybridized carbons (Fsp3) is 0.538. The van der Waals surface area contributed by atoms with Gasteiger partial charge in [0.2, 0.25) is 0 Å². The Kier molecular flexibility index (Phi) is 7.50. The summed E-state index contributed by atoms with van der Waals surface area (Å²) in [5, 5.41) is 11.4. The van der Waals surface area contributed by atoms with Crippen LogP contribution >= 0.6 is 15.9 Å². The van der Waals surface area contributed by atoms with Crippen molar-refractivity contribution in [2.45, 2.75) is 19.9 Å². The van der Waals surface area contributed by atoms with E-state index < -0.39 is 0 Å². The molecule has 1 rings (SSSR count). The van der Waals surface area contributed by atoms with Crippen molar-refractivity contribution in [2.75, 3.05) is 31.7 Å². The van der Waals surface area contributed by atoms with Gasteiger partial charge < -0.3 is 20.1 Å². The smallest absolute Gasteiger partial charge is 0.322 e. The van der Waals surface area contributed by atoms with Crippen LogP contribution in [0, 0.1) is 0 Å². The molecule has 112 valence electrons. The third-order valence-corrected chi connectivity index (χ3v) is 2.99. The van der Waals surface area contributed by atoms with Crippen molar-refractivity contribution in [3.63, 3.8) is 0 Å². The van der Waals surface area contributed by atoms with Gasteiger partial charge in [0, 0.05) is 23.3 Å². The summed E-state index contributed by atoms with van der Waals surface area (Å²) in [6.45, 7) is 4.99. The lowest BCUT2D eigenvalue weighted by molar-refractivity contribution is 0.0757. The number of aliphatic hydroxyl groups is 1. The summed E-state index contributed by atoms with van der Waals surface area (Å²) >= 11 is 3.31. The number of aliphatic hydroxyl groups excluding tert-OH is 1. The van der Waals surface area contributed by atoms with E-state index in [0.29, 0.717) is 18.8 Å². The third-order valence-electron chi connectivity index (χ3n) is 2.55. The van der Waals surface area contributed by atoms with Gasteiger partial charge in [-0.1, -0.05) is 0 Å². The van der Waals surface area contributed by atoms with E-state index in [1.165, 1.54) is 0 Å². The predicted octanol–water partition coefficient (Wildman–Crippen LogP) is 2.10. The van der Waals surface area contributed by atoms with Crippen molar-refractivity contribution >= 4 is 27.6 Å². The van der Waals surface area contributed by atoms with Gasteiger partial charge in [-0.25, -0.2) is 4.79 Å². The van der Waals surface area contributed by atoms with Crippen molar-refractivity contribution < 1.29 is 14.6 Å². The number of aromatic nitrogens is 1. The molecule has 2 amide bonds. The lowest BCUT2D eigenvalue weighted by Gasteiger charge is -2.26. The van der Waals surface area contributed by atoms with Crippen molar-refractivity contribution in [3.05, 3.63) is 22.9 Å². The van der Waals surface area contributed by atoms with Gasteiger partial charge in [0.1, 0.15) is 0 Å². The summed E-state index contributed by atoms with van der Waals surface area (Å²) in [5.41, 5.74) is 0.631. The van der Waals surface area contributed by atoms with Crippen LogP contribution in [0.15, 0.2) is 22.9 Å². The fourth-order valence-electron chi connectivity index (χ4n) is 1.60. The monoisotopic (exact) mass is 345 g/mol. The molecule has 7 heteroatoms. The summed E-state index contributed by atoms with van der Waals surface area (Å²) in [7, 11) is 0. The second kappa shape index (κ2) is 8.89. The Labute approximate surface area is 127 Å². The number of nitrogens with zero attached hydrogens (tertiary/aromatic N) is 2. The van der Waals surface area contributed by atoms with E-state index in [1.54, 1.807) is 23.4 Å². The molecule has 0 aliphatic heterocycles. The molecule has 0 atom stereocenters. The second-order valence-electron chi connectivity index (χ2n) is 4.45. The van der Waals surface area contributed by atoms with Gasteiger partial charge in [-0.3, -0.25) is 4.98 Å². The summed E-state index contributed by atoms with van der Waals surface area (Å²) < 4.78 is 5.99. The number of ether oxygens (including phenoxy) is 1. The topological polar surface area (TPSA) is 74.7 Å². The van der Waals surface area contributed by atoms with E-state index >= 15 is 0 Å². The van der Waals surface area contributed by atoms with E-state index in [1.807, 2.05) is 13.8 Å². The highest BCUT2D eigenvalue weighted by atomic mass is 79.9.